The molecular weight excluding hydrogens is 343 g/mol. The van der Waals surface area contributed by atoms with Crippen LogP contribution in [0.3, 0.4) is 0 Å². The quantitative estimate of drug-likeness (QED) is 0.674. The molecule has 2 atom stereocenters. The Kier molecular flexibility index (Phi) is 4.94. The maximum atomic E-state index is 13.1. The molecule has 4 rings (SSSR count). The standard InChI is InChI=1S/C22H23FN2O2/c1-15(21-12-17-4-2-3-5-20(17)27-21)24-22(26)14-25(19-10-11-19)13-16-6-8-18(23)9-7-16/h2-9,12,15,19H,10-11,13-14H2,1H3,(H,24,26)/p+1/t15-/m0/s1. The summed E-state index contributed by atoms with van der Waals surface area (Å²) in [5, 5.41) is 4.09. The van der Waals surface area contributed by atoms with Crippen molar-refractivity contribution in [2.75, 3.05) is 6.54 Å². The van der Waals surface area contributed by atoms with Gasteiger partial charge in [-0.3, -0.25) is 4.79 Å². The number of furan rings is 1. The second-order valence-electron chi connectivity index (χ2n) is 7.39. The first-order chi connectivity index (χ1) is 13.1. The molecule has 0 spiro atoms. The van der Waals surface area contributed by atoms with E-state index >= 15 is 0 Å². The Balaban J connectivity index is 1.38. The number of fused-ring (bicyclic) bond motifs is 1. The number of hydrogen-bond donors (Lipinski definition) is 2. The van der Waals surface area contributed by atoms with Crippen LogP contribution in [0.4, 0.5) is 4.39 Å². The second-order valence-corrected chi connectivity index (χ2v) is 7.39. The molecule has 1 aromatic heterocycles. The largest absolute Gasteiger partial charge is 0.459 e. The van der Waals surface area contributed by atoms with E-state index in [2.05, 4.69) is 5.32 Å². The van der Waals surface area contributed by atoms with Gasteiger partial charge in [-0.2, -0.15) is 0 Å². The van der Waals surface area contributed by atoms with Gasteiger partial charge in [-0.25, -0.2) is 4.39 Å². The van der Waals surface area contributed by atoms with Crippen molar-refractivity contribution in [3.63, 3.8) is 0 Å². The SMILES string of the molecule is C[C@H](NC(=O)C[NH+](Cc1ccc(F)cc1)C1CC1)c1cc2ccccc2o1. The number of nitrogens with one attached hydrogen (secondary N) is 2. The molecule has 0 radical (unpaired) electrons. The Labute approximate surface area is 158 Å². The van der Waals surface area contributed by atoms with Gasteiger partial charge in [0.1, 0.15) is 23.7 Å². The molecule has 0 aliphatic heterocycles. The monoisotopic (exact) mass is 367 g/mol. The number of hydrogen-bond acceptors (Lipinski definition) is 2. The van der Waals surface area contributed by atoms with Gasteiger partial charge in [0.25, 0.3) is 5.91 Å². The zero-order valence-corrected chi connectivity index (χ0v) is 15.4. The summed E-state index contributed by atoms with van der Waals surface area (Å²) in [7, 11) is 0. The topological polar surface area (TPSA) is 46.7 Å². The predicted molar refractivity (Wildman–Crippen MR) is 102 cm³/mol. The lowest BCUT2D eigenvalue weighted by Gasteiger charge is -2.20. The lowest BCUT2D eigenvalue weighted by molar-refractivity contribution is -0.917. The molecule has 0 bridgehead atoms. The van der Waals surface area contributed by atoms with Crippen molar-refractivity contribution in [1.82, 2.24) is 5.32 Å². The normalized spacial score (nSPS) is 16.2. The van der Waals surface area contributed by atoms with E-state index in [1.54, 1.807) is 12.1 Å². The molecule has 1 fully saturated rings. The van der Waals surface area contributed by atoms with Crippen LogP contribution in [-0.2, 0) is 11.3 Å². The van der Waals surface area contributed by atoms with Gasteiger partial charge in [0.15, 0.2) is 6.54 Å². The first-order valence-electron chi connectivity index (χ1n) is 9.45. The van der Waals surface area contributed by atoms with E-state index in [4.69, 9.17) is 4.42 Å². The van der Waals surface area contributed by atoms with Gasteiger partial charge in [0.05, 0.1) is 12.1 Å². The Hall–Kier alpha value is -2.66. The number of benzene rings is 2. The minimum absolute atomic E-state index is 0.00645. The van der Waals surface area contributed by atoms with Crippen molar-refractivity contribution in [3.8, 4) is 0 Å². The van der Waals surface area contributed by atoms with Crippen LogP contribution in [0.5, 0.6) is 0 Å². The minimum Gasteiger partial charge on any atom is -0.459 e. The molecule has 1 unspecified atom stereocenters. The fraction of sp³-hybridized carbons (Fsp3) is 0.318. The third kappa shape index (κ3) is 4.37. The van der Waals surface area contributed by atoms with Gasteiger partial charge in [-0.15, -0.1) is 0 Å². The lowest BCUT2D eigenvalue weighted by atomic mass is 10.2. The van der Waals surface area contributed by atoms with E-state index in [9.17, 15) is 9.18 Å². The summed E-state index contributed by atoms with van der Waals surface area (Å²) in [5.74, 6) is 0.534. The Morgan fingerprint density at radius 3 is 2.67 bits per heavy atom. The van der Waals surface area contributed by atoms with Crippen molar-refractivity contribution >= 4 is 16.9 Å². The average molecular weight is 367 g/mol. The highest BCUT2D eigenvalue weighted by Gasteiger charge is 2.34. The van der Waals surface area contributed by atoms with E-state index in [0.29, 0.717) is 12.6 Å². The Morgan fingerprint density at radius 2 is 1.96 bits per heavy atom. The van der Waals surface area contributed by atoms with Gasteiger partial charge in [-0.1, -0.05) is 30.3 Å². The van der Waals surface area contributed by atoms with Crippen molar-refractivity contribution in [1.29, 1.82) is 0 Å². The van der Waals surface area contributed by atoms with Crippen LogP contribution in [-0.4, -0.2) is 18.5 Å². The highest BCUT2D eigenvalue weighted by Crippen LogP contribution is 2.23. The summed E-state index contributed by atoms with van der Waals surface area (Å²) < 4.78 is 19.0. The molecule has 0 saturated heterocycles. The molecule has 4 nitrogen and oxygen atoms in total. The van der Waals surface area contributed by atoms with Crippen LogP contribution >= 0.6 is 0 Å². The molecule has 1 aliphatic rings. The summed E-state index contributed by atoms with van der Waals surface area (Å²) in [6, 6.07) is 16.7. The lowest BCUT2D eigenvalue weighted by Crippen LogP contribution is -3.13. The van der Waals surface area contributed by atoms with Gasteiger partial charge in [0.2, 0.25) is 0 Å². The Bertz CT molecular complexity index is 898. The molecule has 27 heavy (non-hydrogen) atoms. The maximum Gasteiger partial charge on any atom is 0.275 e. The van der Waals surface area contributed by atoms with Gasteiger partial charge in [0, 0.05) is 23.8 Å². The summed E-state index contributed by atoms with van der Waals surface area (Å²) in [6.07, 6.45) is 2.28. The average Bonchev–Trinajstić information content (AvgIpc) is 3.41. The third-order valence-corrected chi connectivity index (χ3v) is 5.14. The maximum absolute atomic E-state index is 13.1. The molecule has 1 amide bonds. The van der Waals surface area contributed by atoms with E-state index in [0.717, 1.165) is 41.7 Å². The molecule has 5 heteroatoms. The second kappa shape index (κ2) is 7.53. The van der Waals surface area contributed by atoms with E-state index in [1.807, 2.05) is 37.3 Å². The van der Waals surface area contributed by atoms with Gasteiger partial charge < -0.3 is 14.6 Å². The summed E-state index contributed by atoms with van der Waals surface area (Å²) >= 11 is 0. The van der Waals surface area contributed by atoms with Crippen molar-refractivity contribution < 1.29 is 18.5 Å². The van der Waals surface area contributed by atoms with Crippen LogP contribution < -0.4 is 10.2 Å². The number of rotatable bonds is 7. The molecule has 2 N–H and O–H groups in total. The zero-order valence-electron chi connectivity index (χ0n) is 15.4. The molecule has 2 aromatic carbocycles. The number of carbonyl (C=O) groups is 1. The number of amides is 1. The first-order valence-corrected chi connectivity index (χ1v) is 9.45. The van der Waals surface area contributed by atoms with Crippen molar-refractivity contribution in [2.24, 2.45) is 0 Å². The van der Waals surface area contributed by atoms with Crippen LogP contribution in [0.15, 0.2) is 59.0 Å². The summed E-state index contributed by atoms with van der Waals surface area (Å²) in [4.78, 5) is 13.8. The molecule has 1 aliphatic carbocycles. The van der Waals surface area contributed by atoms with Crippen molar-refractivity contribution in [2.45, 2.75) is 38.4 Å². The van der Waals surface area contributed by atoms with Crippen LogP contribution in [0.25, 0.3) is 11.0 Å². The number of quaternary nitrogens is 1. The van der Waals surface area contributed by atoms with Gasteiger partial charge in [-0.05, 0) is 31.2 Å². The fourth-order valence-corrected chi connectivity index (χ4v) is 3.49. The fourth-order valence-electron chi connectivity index (χ4n) is 3.49. The number of carbonyl (C=O) groups excluding carboxylic acids is 1. The first kappa shape index (κ1) is 17.7. The van der Waals surface area contributed by atoms with Crippen LogP contribution in [0, 0.1) is 5.82 Å². The molecule has 1 heterocycles. The van der Waals surface area contributed by atoms with Crippen LogP contribution in [0.2, 0.25) is 0 Å². The third-order valence-electron chi connectivity index (χ3n) is 5.14. The zero-order chi connectivity index (χ0) is 18.8. The summed E-state index contributed by atoms with van der Waals surface area (Å²) in [6.45, 7) is 3.08. The molecule has 3 aromatic rings. The molecular formula is C22H24FN2O2+. The van der Waals surface area contributed by atoms with Crippen LogP contribution in [0.1, 0.15) is 37.1 Å². The number of para-hydroxylation sites is 1. The van der Waals surface area contributed by atoms with Gasteiger partial charge >= 0.3 is 0 Å². The highest BCUT2D eigenvalue weighted by atomic mass is 19.1. The summed E-state index contributed by atoms with van der Waals surface area (Å²) in [5.41, 5.74) is 1.88. The number of halogens is 1. The predicted octanol–water partition coefficient (Wildman–Crippen LogP) is 3.00. The van der Waals surface area contributed by atoms with Crippen molar-refractivity contribution in [3.05, 3.63) is 71.7 Å². The molecule has 140 valence electrons. The Morgan fingerprint density at radius 1 is 1.22 bits per heavy atom. The van der Waals surface area contributed by atoms with E-state index < -0.39 is 0 Å². The van der Waals surface area contributed by atoms with E-state index in [-0.39, 0.29) is 17.8 Å². The minimum atomic E-state index is -0.232. The molecule has 1 saturated carbocycles. The smallest absolute Gasteiger partial charge is 0.275 e. The van der Waals surface area contributed by atoms with E-state index in [1.165, 1.54) is 17.0 Å². The highest BCUT2D eigenvalue weighted by molar-refractivity contribution is 5.79.